The Morgan fingerprint density at radius 3 is 1.76 bits per heavy atom. The molecule has 210 valence electrons. The number of nitrogens with zero attached hydrogens (tertiary/aromatic N) is 3. The number of rotatable bonds is 10. The lowest BCUT2D eigenvalue weighted by Gasteiger charge is -2.38. The lowest BCUT2D eigenvalue weighted by molar-refractivity contribution is 0.266. The molecule has 0 saturated heterocycles. The maximum Gasteiger partial charge on any atom is 0.332 e. The third kappa shape index (κ3) is 9.79. The third-order valence-corrected chi connectivity index (χ3v) is 6.60. The first-order valence-corrected chi connectivity index (χ1v) is 14.5. The Labute approximate surface area is 222 Å². The van der Waals surface area contributed by atoms with Gasteiger partial charge in [-0.3, -0.25) is 9.45 Å². The minimum atomic E-state index is -4.70. The van der Waals surface area contributed by atoms with Gasteiger partial charge in [0.1, 0.15) is 17.2 Å². The number of unbranched alkanes of at least 4 members (excludes halogenated alkanes) is 1. The van der Waals surface area contributed by atoms with Crippen molar-refractivity contribution in [1.29, 1.82) is 0 Å². The molecule has 0 unspecified atom stereocenters. The highest BCUT2D eigenvalue weighted by Gasteiger charge is 2.32. The van der Waals surface area contributed by atoms with Gasteiger partial charge in [0, 0.05) is 5.69 Å². The van der Waals surface area contributed by atoms with Crippen LogP contribution in [0.2, 0.25) is 0 Å². The van der Waals surface area contributed by atoms with Crippen LogP contribution < -0.4 is 25.8 Å². The molecule has 1 aliphatic heterocycles. The fraction of sp³-hybridized carbons (Fsp3) is 0.391. The van der Waals surface area contributed by atoms with Gasteiger partial charge in [-0.15, -0.1) is 3.89 Å². The second-order valence-corrected chi connectivity index (χ2v) is 11.5. The highest BCUT2D eigenvalue weighted by Crippen LogP contribution is 2.29. The van der Waals surface area contributed by atoms with E-state index in [0.29, 0.717) is 24.7 Å². The molecule has 5 N–H and O–H groups in total. The Bertz CT molecular complexity index is 1350. The molecule has 0 fully saturated rings. The standard InChI is InChI=1S/C21H26FN5O4S.C2H6O3S/c1-21(2)26-19(23)25-20(24)27(21)15-5-7-16(8-6-15)30-13-3-4-14-31-17-9-11-18(12-10-17)32(22,28)29;1-2-6(3,4)5/h5-12H,3-4,13-14H2,1-2H3,(H4,23,24,25,26);2H2,1H3,(H,3,4,5). The molecule has 0 bridgehead atoms. The van der Waals surface area contributed by atoms with E-state index in [-0.39, 0.29) is 22.6 Å². The third-order valence-electron chi connectivity index (χ3n) is 5.03. The molecule has 1 aliphatic rings. The topological polar surface area (TPSA) is 187 Å². The van der Waals surface area contributed by atoms with Crippen molar-refractivity contribution < 1.29 is 34.7 Å². The van der Waals surface area contributed by atoms with Crippen LogP contribution in [0.4, 0.5) is 9.57 Å². The van der Waals surface area contributed by atoms with Crippen molar-refractivity contribution in [2.45, 2.75) is 44.2 Å². The quantitative estimate of drug-likeness (QED) is 0.217. The minimum absolute atomic E-state index is 0.150. The van der Waals surface area contributed by atoms with Crippen LogP contribution in [0.3, 0.4) is 0 Å². The molecule has 0 aliphatic carbocycles. The Balaban J connectivity index is 0.000000757. The normalized spacial score (nSPS) is 15.0. The summed E-state index contributed by atoms with van der Waals surface area (Å²) in [7, 11) is -8.36. The number of hydrogen-bond donors (Lipinski definition) is 3. The summed E-state index contributed by atoms with van der Waals surface area (Å²) in [6.07, 6.45) is 1.49. The van der Waals surface area contributed by atoms with Crippen molar-refractivity contribution in [2.75, 3.05) is 23.9 Å². The van der Waals surface area contributed by atoms with E-state index < -0.39 is 26.0 Å². The van der Waals surface area contributed by atoms with Gasteiger partial charge < -0.3 is 20.9 Å². The number of aliphatic imine (C=N–C) groups is 2. The van der Waals surface area contributed by atoms with Crippen molar-refractivity contribution >= 4 is 37.9 Å². The van der Waals surface area contributed by atoms with Crippen molar-refractivity contribution in [1.82, 2.24) is 0 Å². The van der Waals surface area contributed by atoms with E-state index in [1.54, 1.807) is 4.90 Å². The zero-order chi connectivity index (χ0) is 28.6. The summed E-state index contributed by atoms with van der Waals surface area (Å²) in [6, 6.07) is 12.6. The highest BCUT2D eigenvalue weighted by molar-refractivity contribution is 7.86. The molecule has 2 aromatic rings. The van der Waals surface area contributed by atoms with E-state index in [9.17, 15) is 20.7 Å². The molecular weight excluding hydrogens is 541 g/mol. The van der Waals surface area contributed by atoms with Crippen LogP contribution in [0.1, 0.15) is 33.6 Å². The first-order valence-electron chi connectivity index (χ1n) is 11.5. The predicted molar refractivity (Wildman–Crippen MR) is 143 cm³/mol. The van der Waals surface area contributed by atoms with Gasteiger partial charge in [-0.25, -0.2) is 4.99 Å². The summed E-state index contributed by atoms with van der Waals surface area (Å²) in [5, 5.41) is 0. The number of halogens is 1. The van der Waals surface area contributed by atoms with Crippen LogP contribution in [0.15, 0.2) is 63.4 Å². The summed E-state index contributed by atoms with van der Waals surface area (Å²) in [4.78, 5) is 9.76. The molecule has 0 saturated carbocycles. The minimum Gasteiger partial charge on any atom is -0.494 e. The van der Waals surface area contributed by atoms with Crippen LogP contribution in [-0.2, 0) is 20.3 Å². The predicted octanol–water partition coefficient (Wildman–Crippen LogP) is 2.66. The molecule has 0 amide bonds. The van der Waals surface area contributed by atoms with Crippen molar-refractivity contribution in [3.63, 3.8) is 0 Å². The first-order chi connectivity index (χ1) is 17.6. The average molecular weight is 574 g/mol. The van der Waals surface area contributed by atoms with Gasteiger partial charge in [-0.2, -0.15) is 21.8 Å². The molecule has 38 heavy (non-hydrogen) atoms. The van der Waals surface area contributed by atoms with Crippen LogP contribution in [0.5, 0.6) is 11.5 Å². The summed E-state index contributed by atoms with van der Waals surface area (Å²) in [5.41, 5.74) is 11.9. The average Bonchev–Trinajstić information content (AvgIpc) is 2.80. The number of nitrogens with two attached hydrogens (primary N) is 2. The van der Waals surface area contributed by atoms with Gasteiger partial charge in [-0.1, -0.05) is 0 Å². The van der Waals surface area contributed by atoms with E-state index in [0.717, 1.165) is 18.5 Å². The molecule has 0 spiro atoms. The number of benzene rings is 2. The molecule has 0 atom stereocenters. The smallest absolute Gasteiger partial charge is 0.332 e. The van der Waals surface area contributed by atoms with Gasteiger partial charge in [-0.05, 0) is 82.1 Å². The summed E-state index contributed by atoms with van der Waals surface area (Å²) in [5.74, 6) is 1.41. The lowest BCUT2D eigenvalue weighted by atomic mass is 10.1. The lowest BCUT2D eigenvalue weighted by Crippen LogP contribution is -2.54. The van der Waals surface area contributed by atoms with Crippen molar-refractivity contribution in [3.05, 3.63) is 48.5 Å². The zero-order valence-electron chi connectivity index (χ0n) is 21.2. The monoisotopic (exact) mass is 573 g/mol. The fourth-order valence-corrected chi connectivity index (χ4v) is 3.69. The highest BCUT2D eigenvalue weighted by atomic mass is 32.3. The van der Waals surface area contributed by atoms with Gasteiger partial charge in [0.25, 0.3) is 10.1 Å². The van der Waals surface area contributed by atoms with Crippen LogP contribution in [-0.4, -0.2) is 57.9 Å². The van der Waals surface area contributed by atoms with Gasteiger partial charge in [0.05, 0.1) is 23.9 Å². The van der Waals surface area contributed by atoms with Crippen molar-refractivity contribution in [2.24, 2.45) is 21.5 Å². The van der Waals surface area contributed by atoms with Gasteiger partial charge in [0.15, 0.2) is 0 Å². The maximum atomic E-state index is 12.9. The van der Waals surface area contributed by atoms with Crippen LogP contribution in [0.25, 0.3) is 0 Å². The number of anilines is 1. The molecule has 12 nitrogen and oxygen atoms in total. The Hall–Kier alpha value is -3.43. The molecule has 1 heterocycles. The van der Waals surface area contributed by atoms with Crippen LogP contribution >= 0.6 is 0 Å². The number of ether oxygens (including phenoxy) is 2. The Morgan fingerprint density at radius 1 is 0.921 bits per heavy atom. The Morgan fingerprint density at radius 2 is 1.37 bits per heavy atom. The number of hydrogen-bond acceptors (Lipinski definition) is 11. The van der Waals surface area contributed by atoms with Crippen LogP contribution in [0, 0.1) is 0 Å². The zero-order valence-corrected chi connectivity index (χ0v) is 22.9. The largest absolute Gasteiger partial charge is 0.494 e. The molecular formula is C23H32FN5O7S2. The van der Waals surface area contributed by atoms with E-state index in [1.807, 2.05) is 38.1 Å². The Kier molecular flexibility index (Phi) is 10.4. The van der Waals surface area contributed by atoms with Gasteiger partial charge >= 0.3 is 10.2 Å². The van der Waals surface area contributed by atoms with E-state index in [1.165, 1.54) is 31.2 Å². The second kappa shape index (κ2) is 12.9. The first kappa shape index (κ1) is 30.8. The molecule has 2 aromatic carbocycles. The molecule has 0 radical (unpaired) electrons. The number of guanidine groups is 2. The second-order valence-electron chi connectivity index (χ2n) is 8.45. The SMILES string of the molecule is CC1(C)N=C(N)N=C(N)N1c1ccc(OCCCCOc2ccc(S(=O)(=O)F)cc2)cc1.CCS(=O)(=O)O. The maximum absolute atomic E-state index is 12.9. The van der Waals surface area contributed by atoms with E-state index >= 15 is 0 Å². The van der Waals surface area contributed by atoms with E-state index in [2.05, 4.69) is 9.98 Å². The molecule has 0 aromatic heterocycles. The molecule has 15 heteroatoms. The van der Waals surface area contributed by atoms with E-state index in [4.69, 9.17) is 25.5 Å². The van der Waals surface area contributed by atoms with Gasteiger partial charge in [0.2, 0.25) is 11.9 Å². The molecule has 3 rings (SSSR count). The summed E-state index contributed by atoms with van der Waals surface area (Å²) >= 11 is 0. The fourth-order valence-electron chi connectivity index (χ4n) is 3.23. The summed E-state index contributed by atoms with van der Waals surface area (Å²) < 4.78 is 72.7. The van der Waals surface area contributed by atoms with Crippen molar-refractivity contribution in [3.8, 4) is 11.5 Å². The summed E-state index contributed by atoms with van der Waals surface area (Å²) in [6.45, 7) is 6.09.